The van der Waals surface area contributed by atoms with Crippen molar-refractivity contribution in [3.63, 3.8) is 0 Å². The molecule has 3 aliphatic heterocycles. The molecule has 6 atom stereocenters. The van der Waals surface area contributed by atoms with Gasteiger partial charge in [0.15, 0.2) is 0 Å². The van der Waals surface area contributed by atoms with Gasteiger partial charge in [0.25, 0.3) is 0 Å². The molecule has 2 aromatic rings. The highest BCUT2D eigenvalue weighted by Gasteiger charge is 2.66. The Labute approximate surface area is 237 Å². The first-order chi connectivity index (χ1) is 19.1. The van der Waals surface area contributed by atoms with Crippen LogP contribution in [0.5, 0.6) is 0 Å². The van der Waals surface area contributed by atoms with Crippen molar-refractivity contribution in [2.45, 2.75) is 122 Å². The zero-order valence-corrected chi connectivity index (χ0v) is 25.1. The molecule has 2 spiro atoms. The Kier molecular flexibility index (Phi) is 7.29. The van der Waals surface area contributed by atoms with Gasteiger partial charge in [-0.1, -0.05) is 58.9 Å². The van der Waals surface area contributed by atoms with Gasteiger partial charge in [0.1, 0.15) is 0 Å². The lowest BCUT2D eigenvalue weighted by molar-refractivity contribution is -0.140. The van der Waals surface area contributed by atoms with E-state index in [1.165, 1.54) is 93.6 Å². The fraction of sp³-hybridized carbons (Fsp3) is 0.639. The molecule has 3 aliphatic carbocycles. The quantitative estimate of drug-likeness (QED) is 0.390. The van der Waals surface area contributed by atoms with Crippen molar-refractivity contribution in [2.75, 3.05) is 13.1 Å². The fourth-order valence-electron chi connectivity index (χ4n) is 9.67. The lowest BCUT2D eigenvalue weighted by atomic mass is 9.58. The maximum atomic E-state index is 7.53. The van der Waals surface area contributed by atoms with Gasteiger partial charge < -0.3 is 9.64 Å². The number of nitrogens with zero attached hydrogens (tertiary/aromatic N) is 2. The molecule has 8 rings (SSSR count). The summed E-state index contributed by atoms with van der Waals surface area (Å²) in [6.07, 6.45) is 22.0. The van der Waals surface area contributed by atoms with E-state index in [-0.39, 0.29) is 16.6 Å². The van der Waals surface area contributed by atoms with E-state index >= 15 is 0 Å². The second-order valence-corrected chi connectivity index (χ2v) is 12.8. The minimum atomic E-state index is -0.0451. The molecular formula is C36H50N2O. The van der Waals surface area contributed by atoms with E-state index in [4.69, 9.17) is 4.74 Å². The Morgan fingerprint density at radius 2 is 1.77 bits per heavy atom. The number of pyridine rings is 1. The van der Waals surface area contributed by atoms with Crippen molar-refractivity contribution in [1.82, 2.24) is 9.88 Å². The number of aromatic nitrogens is 1. The monoisotopic (exact) mass is 526 g/mol. The van der Waals surface area contributed by atoms with Crippen LogP contribution < -0.4 is 0 Å². The van der Waals surface area contributed by atoms with Crippen LogP contribution in [-0.4, -0.2) is 40.2 Å². The molecule has 39 heavy (non-hydrogen) atoms. The van der Waals surface area contributed by atoms with Crippen LogP contribution in [0.15, 0.2) is 60.0 Å². The molecule has 1 aromatic carbocycles. The van der Waals surface area contributed by atoms with Gasteiger partial charge in [-0.2, -0.15) is 0 Å². The predicted octanol–water partition coefficient (Wildman–Crippen LogP) is 8.99. The third kappa shape index (κ3) is 4.09. The Morgan fingerprint density at radius 3 is 2.59 bits per heavy atom. The first-order valence-corrected chi connectivity index (χ1v) is 16.3. The highest BCUT2D eigenvalue weighted by molar-refractivity contribution is 5.82. The largest absolute Gasteiger partial charge is 0.359 e. The summed E-state index contributed by atoms with van der Waals surface area (Å²) in [6, 6.07) is 9.99. The van der Waals surface area contributed by atoms with Crippen molar-refractivity contribution in [3.05, 3.63) is 65.5 Å². The normalized spacial score (nSPS) is 38.3. The molecule has 2 saturated heterocycles. The number of likely N-dealkylation sites (tertiary alicyclic amines) is 1. The average Bonchev–Trinajstić information content (AvgIpc) is 3.72. The summed E-state index contributed by atoms with van der Waals surface area (Å²) in [6.45, 7) is 13.2. The second kappa shape index (κ2) is 10.5. The van der Waals surface area contributed by atoms with Gasteiger partial charge in [-0.15, -0.1) is 0 Å². The highest BCUT2D eigenvalue weighted by atomic mass is 16.5. The smallest absolute Gasteiger partial charge is 0.0974 e. The topological polar surface area (TPSA) is 25.4 Å². The van der Waals surface area contributed by atoms with Crippen LogP contribution in [0.2, 0.25) is 0 Å². The molecule has 3 nitrogen and oxygen atoms in total. The molecule has 0 amide bonds. The maximum absolute atomic E-state index is 7.53. The van der Waals surface area contributed by atoms with Crippen LogP contribution in [0.1, 0.15) is 110 Å². The summed E-state index contributed by atoms with van der Waals surface area (Å²) in [4.78, 5) is 7.18. The van der Waals surface area contributed by atoms with Crippen LogP contribution in [0.25, 0.3) is 10.8 Å². The summed E-state index contributed by atoms with van der Waals surface area (Å²) in [7, 11) is 0. The standard InChI is InChI=1S/C32H38N2O.2C2H6/c1-30-12-10-26-19-25-6-7-27(34-16-2-3-17-34)20-31(25)13-14-32(26,35-31)29(30)9-8-28(30)23-5-4-22-11-15-33-21-24(22)18-23;2*1-2/h4-5,10-11,15,18-19,21,27-29H,2-3,6-9,12-14,16-17,20H2,1H3;2*1-2H3/t27-,28-,29-,30-,31-,32-;;/m1../s1. The van der Waals surface area contributed by atoms with E-state index in [2.05, 4.69) is 53.2 Å². The SMILES string of the molecule is CC.CC.C[C@]12CC=C3C=C4CC[C@@H](N5CCCC5)C[C@]45CC[C@]3(O5)[C@@H]1CC[C@@H]2c1ccc2ccncc2c1. The number of fused-ring (bicyclic) bond motifs is 2. The van der Waals surface area contributed by atoms with Gasteiger partial charge in [-0.3, -0.25) is 4.98 Å². The Balaban J connectivity index is 0.000000663. The van der Waals surface area contributed by atoms with Crippen LogP contribution in [-0.2, 0) is 4.74 Å². The van der Waals surface area contributed by atoms with Gasteiger partial charge in [-0.25, -0.2) is 0 Å². The Hall–Kier alpha value is -1.97. The van der Waals surface area contributed by atoms with E-state index in [0.717, 1.165) is 6.04 Å². The van der Waals surface area contributed by atoms with Gasteiger partial charge in [0.2, 0.25) is 0 Å². The Bertz CT molecular complexity index is 1260. The summed E-state index contributed by atoms with van der Waals surface area (Å²) in [5, 5.41) is 2.57. The highest BCUT2D eigenvalue weighted by Crippen LogP contribution is 2.69. The molecule has 210 valence electrons. The van der Waals surface area contributed by atoms with Crippen LogP contribution >= 0.6 is 0 Å². The fourth-order valence-corrected chi connectivity index (χ4v) is 9.67. The van der Waals surface area contributed by atoms with Crippen LogP contribution in [0.3, 0.4) is 0 Å². The van der Waals surface area contributed by atoms with Gasteiger partial charge in [0.05, 0.1) is 11.2 Å². The minimum absolute atomic E-state index is 0.0216. The molecule has 6 aliphatic rings. The zero-order chi connectivity index (χ0) is 27.3. The van der Waals surface area contributed by atoms with Crippen molar-refractivity contribution in [3.8, 4) is 0 Å². The van der Waals surface area contributed by atoms with Gasteiger partial charge in [0, 0.05) is 23.8 Å². The van der Waals surface area contributed by atoms with E-state index in [1.54, 1.807) is 11.1 Å². The first kappa shape index (κ1) is 27.2. The maximum Gasteiger partial charge on any atom is 0.0974 e. The van der Waals surface area contributed by atoms with Crippen molar-refractivity contribution in [2.24, 2.45) is 11.3 Å². The Morgan fingerprint density at radius 1 is 0.949 bits per heavy atom. The minimum Gasteiger partial charge on any atom is -0.359 e. The predicted molar refractivity (Wildman–Crippen MR) is 163 cm³/mol. The molecular weight excluding hydrogens is 476 g/mol. The van der Waals surface area contributed by atoms with Crippen LogP contribution in [0, 0.1) is 11.3 Å². The number of allylic oxidation sites excluding steroid dienone is 1. The number of hydrogen-bond donors (Lipinski definition) is 0. The van der Waals surface area contributed by atoms with E-state index in [0.29, 0.717) is 11.8 Å². The lowest BCUT2D eigenvalue weighted by Crippen LogP contribution is -2.55. The molecule has 4 heterocycles. The number of ether oxygens (including phenoxy) is 1. The zero-order valence-electron chi connectivity index (χ0n) is 25.1. The molecule has 0 unspecified atom stereocenters. The number of hydrogen-bond acceptors (Lipinski definition) is 3. The summed E-state index contributed by atoms with van der Waals surface area (Å²) >= 11 is 0. The first-order valence-electron chi connectivity index (χ1n) is 16.3. The molecule has 0 N–H and O–H groups in total. The van der Waals surface area contributed by atoms with E-state index < -0.39 is 0 Å². The molecule has 0 radical (unpaired) electrons. The molecule has 4 fully saturated rings. The third-order valence-corrected chi connectivity index (χ3v) is 11.4. The number of benzene rings is 1. The molecule has 1 aromatic heterocycles. The summed E-state index contributed by atoms with van der Waals surface area (Å²) in [5.41, 5.74) is 4.93. The molecule has 2 saturated carbocycles. The van der Waals surface area contributed by atoms with Crippen molar-refractivity contribution < 1.29 is 4.74 Å². The third-order valence-electron chi connectivity index (χ3n) is 11.4. The van der Waals surface area contributed by atoms with Crippen molar-refractivity contribution in [1.29, 1.82) is 0 Å². The summed E-state index contributed by atoms with van der Waals surface area (Å²) < 4.78 is 7.53. The molecule has 3 heteroatoms. The average molecular weight is 527 g/mol. The van der Waals surface area contributed by atoms with E-state index in [9.17, 15) is 0 Å². The number of rotatable bonds is 2. The van der Waals surface area contributed by atoms with Crippen molar-refractivity contribution >= 4 is 10.8 Å². The lowest BCUT2D eigenvalue weighted by Gasteiger charge is -2.55. The van der Waals surface area contributed by atoms with Gasteiger partial charge in [-0.05, 0) is 129 Å². The summed E-state index contributed by atoms with van der Waals surface area (Å²) in [5.74, 6) is 1.22. The second-order valence-electron chi connectivity index (χ2n) is 12.8. The molecule has 2 bridgehead atoms. The van der Waals surface area contributed by atoms with Gasteiger partial charge >= 0.3 is 0 Å². The van der Waals surface area contributed by atoms with E-state index in [1.807, 2.05) is 40.1 Å². The van der Waals surface area contributed by atoms with Crippen LogP contribution in [0.4, 0.5) is 0 Å².